The van der Waals surface area contributed by atoms with Crippen molar-refractivity contribution in [2.45, 2.75) is 51.6 Å². The van der Waals surface area contributed by atoms with Crippen molar-refractivity contribution in [2.75, 3.05) is 18.4 Å². The highest BCUT2D eigenvalue weighted by Gasteiger charge is 2.17. The fraction of sp³-hybridized carbons (Fsp3) is 0.588. The third-order valence-electron chi connectivity index (χ3n) is 3.87. The van der Waals surface area contributed by atoms with E-state index >= 15 is 0 Å². The Balaban J connectivity index is 1.89. The zero-order valence-electron chi connectivity index (χ0n) is 13.1. The molecule has 0 radical (unpaired) electrons. The molecule has 4 nitrogen and oxygen atoms in total. The molecule has 1 fully saturated rings. The minimum Gasteiger partial charge on any atom is -0.383 e. The van der Waals surface area contributed by atoms with Crippen molar-refractivity contribution >= 4 is 11.6 Å². The Hall–Kier alpha value is -1.55. The molecule has 0 aliphatic carbocycles. The van der Waals surface area contributed by atoms with E-state index in [2.05, 4.69) is 29.8 Å². The summed E-state index contributed by atoms with van der Waals surface area (Å²) in [6.45, 7) is 6.12. The second kappa shape index (κ2) is 8.03. The highest BCUT2D eigenvalue weighted by atomic mass is 16.1. The Morgan fingerprint density at radius 1 is 1.48 bits per heavy atom. The quantitative estimate of drug-likeness (QED) is 0.723. The molecule has 0 saturated carbocycles. The summed E-state index contributed by atoms with van der Waals surface area (Å²) in [5.41, 5.74) is 1.74. The number of amides is 1. The van der Waals surface area contributed by atoms with Crippen LogP contribution in [0.1, 0.15) is 49.9 Å². The van der Waals surface area contributed by atoms with Crippen LogP contribution in [0.15, 0.2) is 24.3 Å². The fourth-order valence-corrected chi connectivity index (χ4v) is 2.82. The molecule has 1 heterocycles. The molecule has 116 valence electrons. The van der Waals surface area contributed by atoms with Crippen LogP contribution >= 0.6 is 0 Å². The second-order valence-electron chi connectivity index (χ2n) is 5.91. The normalized spacial score (nSPS) is 19.2. The molecular weight excluding hydrogens is 262 g/mol. The van der Waals surface area contributed by atoms with Crippen LogP contribution in [0.25, 0.3) is 0 Å². The number of hydrogen-bond acceptors (Lipinski definition) is 3. The van der Waals surface area contributed by atoms with Crippen LogP contribution in [0.3, 0.4) is 0 Å². The minimum absolute atomic E-state index is 0.00520. The lowest BCUT2D eigenvalue weighted by Gasteiger charge is -2.19. The lowest BCUT2D eigenvalue weighted by Crippen LogP contribution is -2.29. The number of benzene rings is 1. The van der Waals surface area contributed by atoms with E-state index in [1.807, 2.05) is 24.3 Å². The third-order valence-corrected chi connectivity index (χ3v) is 3.87. The van der Waals surface area contributed by atoms with Crippen LogP contribution < -0.4 is 16.0 Å². The molecule has 1 aromatic rings. The predicted octanol–water partition coefficient (Wildman–Crippen LogP) is 2.77. The molecule has 2 rings (SSSR count). The summed E-state index contributed by atoms with van der Waals surface area (Å²) in [5.74, 6) is 0.00520. The molecule has 1 aliphatic heterocycles. The van der Waals surface area contributed by atoms with E-state index in [0.29, 0.717) is 12.1 Å². The van der Waals surface area contributed by atoms with Crippen molar-refractivity contribution in [3.8, 4) is 0 Å². The molecule has 2 atom stereocenters. The first kappa shape index (κ1) is 15.8. The molecule has 1 aliphatic rings. The largest absolute Gasteiger partial charge is 0.383 e. The van der Waals surface area contributed by atoms with Gasteiger partial charge in [0.15, 0.2) is 0 Å². The van der Waals surface area contributed by atoms with Gasteiger partial charge in [0.1, 0.15) is 0 Å². The van der Waals surface area contributed by atoms with E-state index in [1.165, 1.54) is 12.8 Å². The maximum absolute atomic E-state index is 12.0. The Kier molecular flexibility index (Phi) is 6.05. The van der Waals surface area contributed by atoms with Crippen molar-refractivity contribution in [2.24, 2.45) is 0 Å². The standard InChI is InChI=1S/C17H27N3O/c1-3-9-19-17(21)14-6-4-7-16(12-14)20-13(2)11-15-8-5-10-18-15/h4,6-7,12-13,15,18,20H,3,5,8-11H2,1-2H3,(H,19,21). The van der Waals surface area contributed by atoms with Crippen molar-refractivity contribution < 1.29 is 4.79 Å². The number of carbonyl (C=O) groups is 1. The summed E-state index contributed by atoms with van der Waals surface area (Å²) >= 11 is 0. The van der Waals surface area contributed by atoms with Crippen LogP contribution in [-0.4, -0.2) is 31.1 Å². The van der Waals surface area contributed by atoms with Gasteiger partial charge in [0.05, 0.1) is 0 Å². The Morgan fingerprint density at radius 2 is 2.33 bits per heavy atom. The number of nitrogens with one attached hydrogen (secondary N) is 3. The first-order valence-corrected chi connectivity index (χ1v) is 8.07. The van der Waals surface area contributed by atoms with Gasteiger partial charge in [-0.15, -0.1) is 0 Å². The van der Waals surface area contributed by atoms with Crippen LogP contribution in [0.2, 0.25) is 0 Å². The summed E-state index contributed by atoms with van der Waals surface area (Å²) in [7, 11) is 0. The van der Waals surface area contributed by atoms with Gasteiger partial charge in [-0.05, 0) is 57.4 Å². The smallest absolute Gasteiger partial charge is 0.251 e. The predicted molar refractivity (Wildman–Crippen MR) is 87.8 cm³/mol. The first-order valence-electron chi connectivity index (χ1n) is 8.07. The van der Waals surface area contributed by atoms with E-state index in [9.17, 15) is 4.79 Å². The number of anilines is 1. The van der Waals surface area contributed by atoms with Crippen LogP contribution in [-0.2, 0) is 0 Å². The molecule has 1 aromatic carbocycles. The van der Waals surface area contributed by atoms with E-state index in [0.717, 1.165) is 37.2 Å². The Bertz CT molecular complexity index is 455. The maximum atomic E-state index is 12.0. The fourth-order valence-electron chi connectivity index (χ4n) is 2.82. The van der Waals surface area contributed by atoms with Crippen molar-refractivity contribution in [1.29, 1.82) is 0 Å². The second-order valence-corrected chi connectivity index (χ2v) is 5.91. The van der Waals surface area contributed by atoms with Crippen LogP contribution in [0, 0.1) is 0 Å². The van der Waals surface area contributed by atoms with Gasteiger partial charge in [0.2, 0.25) is 0 Å². The SMILES string of the molecule is CCCNC(=O)c1cccc(NC(C)CC2CCCN2)c1. The van der Waals surface area contributed by atoms with Gasteiger partial charge < -0.3 is 16.0 Å². The summed E-state index contributed by atoms with van der Waals surface area (Å²) in [6.07, 6.45) is 4.62. The molecule has 3 N–H and O–H groups in total. The molecular formula is C17H27N3O. The lowest BCUT2D eigenvalue weighted by molar-refractivity contribution is 0.0953. The third kappa shape index (κ3) is 5.05. The average molecular weight is 289 g/mol. The van der Waals surface area contributed by atoms with Gasteiger partial charge in [0, 0.05) is 29.9 Å². The molecule has 0 aromatic heterocycles. The molecule has 0 bridgehead atoms. The highest BCUT2D eigenvalue weighted by Crippen LogP contribution is 2.16. The van der Waals surface area contributed by atoms with E-state index < -0.39 is 0 Å². The zero-order chi connectivity index (χ0) is 15.1. The van der Waals surface area contributed by atoms with E-state index in [1.54, 1.807) is 0 Å². The molecule has 1 saturated heterocycles. The zero-order valence-corrected chi connectivity index (χ0v) is 13.1. The first-order chi connectivity index (χ1) is 10.2. The molecule has 0 spiro atoms. The molecule has 21 heavy (non-hydrogen) atoms. The molecule has 4 heteroatoms. The van der Waals surface area contributed by atoms with Crippen molar-refractivity contribution in [3.05, 3.63) is 29.8 Å². The summed E-state index contributed by atoms with van der Waals surface area (Å²) in [6, 6.07) is 8.78. The number of rotatable bonds is 7. The van der Waals surface area contributed by atoms with Gasteiger partial charge >= 0.3 is 0 Å². The van der Waals surface area contributed by atoms with Crippen molar-refractivity contribution in [3.63, 3.8) is 0 Å². The molecule has 1 amide bonds. The summed E-state index contributed by atoms with van der Waals surface area (Å²) in [5, 5.41) is 9.93. The lowest BCUT2D eigenvalue weighted by atomic mass is 10.1. The van der Waals surface area contributed by atoms with E-state index in [-0.39, 0.29) is 5.91 Å². The van der Waals surface area contributed by atoms with Gasteiger partial charge in [-0.1, -0.05) is 13.0 Å². The van der Waals surface area contributed by atoms with Gasteiger partial charge in [-0.25, -0.2) is 0 Å². The minimum atomic E-state index is 0.00520. The van der Waals surface area contributed by atoms with Crippen LogP contribution in [0.4, 0.5) is 5.69 Å². The van der Waals surface area contributed by atoms with Crippen LogP contribution in [0.5, 0.6) is 0 Å². The Morgan fingerprint density at radius 3 is 3.05 bits per heavy atom. The van der Waals surface area contributed by atoms with E-state index in [4.69, 9.17) is 0 Å². The topological polar surface area (TPSA) is 53.2 Å². The molecule has 2 unspecified atom stereocenters. The highest BCUT2D eigenvalue weighted by molar-refractivity contribution is 5.95. The number of hydrogen-bond donors (Lipinski definition) is 3. The van der Waals surface area contributed by atoms with Gasteiger partial charge in [-0.3, -0.25) is 4.79 Å². The summed E-state index contributed by atoms with van der Waals surface area (Å²) < 4.78 is 0. The maximum Gasteiger partial charge on any atom is 0.251 e. The van der Waals surface area contributed by atoms with Gasteiger partial charge in [0.25, 0.3) is 5.91 Å². The van der Waals surface area contributed by atoms with Gasteiger partial charge in [-0.2, -0.15) is 0 Å². The van der Waals surface area contributed by atoms with Crippen molar-refractivity contribution in [1.82, 2.24) is 10.6 Å². The summed E-state index contributed by atoms with van der Waals surface area (Å²) in [4.78, 5) is 12.0. The average Bonchev–Trinajstić information content (AvgIpc) is 2.97. The monoisotopic (exact) mass is 289 g/mol. The Labute approximate surface area is 127 Å². The number of carbonyl (C=O) groups excluding carboxylic acids is 1.